The monoisotopic (exact) mass is 1730 g/mol. The van der Waals surface area contributed by atoms with Crippen LogP contribution in [0.25, 0.3) is 0 Å². The molecule has 4 aliphatic rings. The Kier molecular flexibility index (Phi) is 27.6. The van der Waals surface area contributed by atoms with Gasteiger partial charge in [-0.3, -0.25) is 87.0 Å². The van der Waals surface area contributed by atoms with Gasteiger partial charge in [0.2, 0.25) is 72.7 Å². The van der Waals surface area contributed by atoms with Gasteiger partial charge in [0, 0.05) is 0 Å². The Labute approximate surface area is 760 Å². The first-order valence-corrected chi connectivity index (χ1v) is 44.3. The van der Waals surface area contributed by atoms with Crippen LogP contribution in [-0.2, 0) is 47.8 Å². The normalized spacial score (nSPS) is 16.7. The molecule has 4 heterocycles. The van der Waals surface area contributed by atoms with Crippen molar-refractivity contribution >= 4 is 92.8 Å². The third kappa shape index (κ3) is 18.0. The van der Waals surface area contributed by atoms with E-state index < -0.39 is 94.3 Å². The van der Waals surface area contributed by atoms with E-state index in [0.717, 1.165) is 134 Å². The van der Waals surface area contributed by atoms with E-state index in [9.17, 15) is 0 Å². The van der Waals surface area contributed by atoms with Crippen molar-refractivity contribution in [2.24, 2.45) is 21.7 Å². The van der Waals surface area contributed by atoms with E-state index in [1.165, 1.54) is 11.1 Å². The molecule has 0 atom stereocenters. The molecule has 4 fully saturated rings. The third-order valence-electron chi connectivity index (χ3n) is 25.2. The molecule has 672 valence electrons. The largest absolute Gasteiger partial charge is 0.296 e. The fourth-order valence-corrected chi connectivity index (χ4v) is 19.9. The zero-order valence-electron chi connectivity index (χ0n) is 82.0. The first kappa shape index (κ1) is 96.5. The van der Waals surface area contributed by atoms with E-state index in [1.54, 1.807) is 94.6 Å². The van der Waals surface area contributed by atoms with Gasteiger partial charge >= 0.3 is 0 Å². The van der Waals surface area contributed by atoms with Gasteiger partial charge in [-0.2, -0.15) is 0 Å². The molecule has 18 nitrogen and oxygen atoms in total. The molecule has 0 unspecified atom stereocenters. The molecular formula is C110H132N8O10. The molecule has 4 saturated heterocycles. The predicted molar refractivity (Wildman–Crippen MR) is 520 cm³/mol. The molecule has 8 amide bonds. The van der Waals surface area contributed by atoms with Crippen LogP contribution in [0, 0.1) is 202 Å². The van der Waals surface area contributed by atoms with Crippen LogP contribution in [0.15, 0.2) is 158 Å². The molecule has 0 aliphatic carbocycles. The highest BCUT2D eigenvalue weighted by Gasteiger charge is 2.62. The molecule has 0 spiro atoms. The number of rotatable bonds is 12. The van der Waals surface area contributed by atoms with Crippen molar-refractivity contribution in [3.05, 3.63) is 302 Å². The number of carbonyl (C=O) groups is 8. The SMILES string of the molecule is Cc1cc(C)c(N2C(=O)C(C)(C)C(=O)N(c3c(C)cc(C)cc3C)C2OC2N(c3c(C)cc(C)cc3C)C(=O)C(C)(C)C(=O)N2c2c(C)cc(C)cc2C)c(C)c1.Cc1cc(C)c(N2C(=O)C(C)(C)C(=O)N(c3c(C)cc(C)cc3C)C2OC2N(c3c(C)cc(C)cc3C)C(=O)C(C)(C)C(=O)N2c2c(C)cc(C)cc2C)c(C)c1.Cc1ccccc1.Cc1ccccc1. The zero-order valence-corrected chi connectivity index (χ0v) is 82.0. The fourth-order valence-electron chi connectivity index (χ4n) is 19.9. The summed E-state index contributed by atoms with van der Waals surface area (Å²) in [7, 11) is 0. The highest BCUT2D eigenvalue weighted by atomic mass is 16.6. The topological polar surface area (TPSA) is 181 Å². The van der Waals surface area contributed by atoms with Crippen molar-refractivity contribution in [3.8, 4) is 0 Å². The number of benzene rings is 10. The lowest BCUT2D eigenvalue weighted by molar-refractivity contribution is -0.156. The Hall–Kier alpha value is -12.1. The molecule has 0 bridgehead atoms. The number of hydrogen-bond donors (Lipinski definition) is 0. The van der Waals surface area contributed by atoms with Crippen LogP contribution in [0.5, 0.6) is 0 Å². The summed E-state index contributed by atoms with van der Waals surface area (Å²) in [6, 6.07) is 52.7. The lowest BCUT2D eigenvalue weighted by atomic mass is 9.85. The maximum atomic E-state index is 15.2. The van der Waals surface area contributed by atoms with Crippen molar-refractivity contribution in [3.63, 3.8) is 0 Å². The number of carbonyl (C=O) groups excluding carboxylic acids is 8. The van der Waals surface area contributed by atoms with E-state index >= 15 is 38.4 Å². The summed E-state index contributed by atoms with van der Waals surface area (Å²) in [6.07, 6.45) is -5.75. The minimum absolute atomic E-state index is 0.455. The smallest absolute Gasteiger partial charge is 0.245 e. The molecule has 0 saturated carbocycles. The van der Waals surface area contributed by atoms with E-state index in [-0.39, 0.29) is 0 Å². The Morgan fingerprint density at radius 1 is 0.172 bits per heavy atom. The molecule has 10 aromatic carbocycles. The lowest BCUT2D eigenvalue weighted by Gasteiger charge is -2.54. The number of ether oxygens (including phenoxy) is 2. The van der Waals surface area contributed by atoms with E-state index in [4.69, 9.17) is 9.47 Å². The van der Waals surface area contributed by atoms with E-state index in [1.807, 2.05) is 300 Å². The maximum absolute atomic E-state index is 15.2. The van der Waals surface area contributed by atoms with Gasteiger partial charge in [-0.25, -0.2) is 0 Å². The van der Waals surface area contributed by atoms with Crippen molar-refractivity contribution in [2.75, 3.05) is 39.2 Å². The van der Waals surface area contributed by atoms with Gasteiger partial charge < -0.3 is 0 Å². The Morgan fingerprint density at radius 2 is 0.273 bits per heavy atom. The van der Waals surface area contributed by atoms with Crippen molar-refractivity contribution in [1.29, 1.82) is 0 Å². The first-order chi connectivity index (χ1) is 59.6. The van der Waals surface area contributed by atoms with Crippen LogP contribution >= 0.6 is 0 Å². The van der Waals surface area contributed by atoms with Crippen LogP contribution in [-0.4, -0.2) is 72.7 Å². The summed E-state index contributed by atoms with van der Waals surface area (Å²) < 4.78 is 14.9. The quantitative estimate of drug-likeness (QED) is 0.107. The van der Waals surface area contributed by atoms with Crippen molar-refractivity contribution in [1.82, 2.24) is 0 Å². The van der Waals surface area contributed by atoms with E-state index in [0.29, 0.717) is 45.5 Å². The second-order valence-electron chi connectivity index (χ2n) is 38.8. The number of anilines is 8. The molecule has 4 aliphatic heterocycles. The zero-order chi connectivity index (χ0) is 95.0. The highest BCUT2D eigenvalue weighted by molar-refractivity contribution is 6.24. The summed E-state index contributed by atoms with van der Waals surface area (Å²) in [5, 5.41) is 0. The van der Waals surface area contributed by atoms with Gasteiger partial charge in [0.1, 0.15) is 21.7 Å². The standard InChI is InChI=1S/2C48H58N4O5.2C7H8/c2*1-25-17-29(5)37(30(6)18-25)49-41(53)47(13,14)42(54)50(38-31(7)19-26(2)20-32(38)8)45(49)57-46-51(39-33(9)21-27(3)22-34(39)10)43(55)48(15,16)44(56)52(46)40-35(11)23-28(4)24-36(40)12;2*1-7-5-3-2-4-6-7/h2*17-24,45-46H,1-16H3;2*2-6H,1H3. The Bertz CT molecular complexity index is 4930. The number of aryl methyl sites for hydroxylation is 26. The summed E-state index contributed by atoms with van der Waals surface area (Å²) in [6.45, 7) is 64.6. The van der Waals surface area contributed by atoms with E-state index in [2.05, 4.69) is 38.1 Å². The summed E-state index contributed by atoms with van der Waals surface area (Å²) in [5.41, 5.74) is 22.6. The molecule has 0 N–H and O–H groups in total. The second-order valence-corrected chi connectivity index (χ2v) is 38.8. The average molecular weight is 1730 g/mol. The molecule has 0 radical (unpaired) electrons. The lowest BCUT2D eigenvalue weighted by Crippen LogP contribution is -2.73. The third-order valence-corrected chi connectivity index (χ3v) is 25.2. The maximum Gasteiger partial charge on any atom is 0.245 e. The van der Waals surface area contributed by atoms with Gasteiger partial charge in [0.05, 0.1) is 45.5 Å². The highest BCUT2D eigenvalue weighted by Crippen LogP contribution is 2.51. The molecule has 18 heteroatoms. The molecule has 14 rings (SSSR count). The van der Waals surface area contributed by atoms with Crippen LogP contribution in [0.3, 0.4) is 0 Å². The van der Waals surface area contributed by atoms with Crippen molar-refractivity contribution < 1.29 is 47.8 Å². The van der Waals surface area contributed by atoms with Gasteiger partial charge in [-0.1, -0.05) is 213 Å². The summed E-state index contributed by atoms with van der Waals surface area (Å²) >= 11 is 0. The minimum atomic E-state index is -1.51. The Balaban J connectivity index is 0.000000214. The predicted octanol–water partition coefficient (Wildman–Crippen LogP) is 23.0. The molecule has 128 heavy (non-hydrogen) atoms. The average Bonchev–Trinajstić information content (AvgIpc) is 0.713. The summed E-state index contributed by atoms with van der Waals surface area (Å²) in [4.78, 5) is 134. The molecule has 0 aromatic heterocycles. The summed E-state index contributed by atoms with van der Waals surface area (Å²) in [5.74, 6) is -3.64. The van der Waals surface area contributed by atoms with Gasteiger partial charge in [-0.05, 0) is 324 Å². The van der Waals surface area contributed by atoms with Crippen molar-refractivity contribution in [2.45, 2.75) is 261 Å². The number of amides is 8. The molecule has 10 aromatic rings. The second kappa shape index (κ2) is 36.6. The first-order valence-electron chi connectivity index (χ1n) is 44.3. The van der Waals surface area contributed by atoms with Gasteiger partial charge in [-0.15, -0.1) is 0 Å². The van der Waals surface area contributed by atoms with Crippen LogP contribution in [0.4, 0.5) is 45.5 Å². The van der Waals surface area contributed by atoms with Gasteiger partial charge in [0.25, 0.3) is 0 Å². The van der Waals surface area contributed by atoms with Crippen LogP contribution in [0.2, 0.25) is 0 Å². The number of nitrogens with zero attached hydrogens (tertiary/aromatic N) is 8. The number of hydrogen-bond acceptors (Lipinski definition) is 10. The molecular weight excluding hydrogens is 1590 g/mol. The van der Waals surface area contributed by atoms with Crippen LogP contribution in [0.1, 0.15) is 200 Å². The fraction of sp³-hybridized carbons (Fsp3) is 0.382. The minimum Gasteiger partial charge on any atom is -0.296 e. The van der Waals surface area contributed by atoms with Crippen LogP contribution < -0.4 is 39.2 Å². The Morgan fingerprint density at radius 3 is 0.359 bits per heavy atom. The van der Waals surface area contributed by atoms with Gasteiger partial charge in [0.15, 0.2) is 0 Å².